The van der Waals surface area contributed by atoms with Crippen LogP contribution in [0, 0.1) is 0 Å². The van der Waals surface area contributed by atoms with Crippen LogP contribution in [-0.2, 0) is 13.1 Å². The van der Waals surface area contributed by atoms with Gasteiger partial charge in [-0.3, -0.25) is 19.4 Å². The summed E-state index contributed by atoms with van der Waals surface area (Å²) in [4.78, 5) is 44.0. The molecule has 0 saturated carbocycles. The average Bonchev–Trinajstić information content (AvgIpc) is 3.71. The van der Waals surface area contributed by atoms with Crippen LogP contribution >= 0.6 is 34.3 Å². The predicted octanol–water partition coefficient (Wildman–Crippen LogP) is 5.30. The molecule has 5 aromatic heterocycles. The number of hydrogen-bond donors (Lipinski definition) is 1. The van der Waals surface area contributed by atoms with Crippen LogP contribution in [0.4, 0.5) is 5.82 Å². The highest BCUT2D eigenvalue weighted by atomic mass is 35.5. The molecule has 12 heteroatoms. The van der Waals surface area contributed by atoms with Gasteiger partial charge in [0, 0.05) is 28.8 Å². The highest BCUT2D eigenvalue weighted by Gasteiger charge is 2.22. The van der Waals surface area contributed by atoms with Crippen molar-refractivity contribution in [3.8, 4) is 11.3 Å². The molecule has 0 aliphatic heterocycles. The van der Waals surface area contributed by atoms with Gasteiger partial charge in [-0.05, 0) is 36.4 Å². The molecule has 5 aromatic rings. The van der Waals surface area contributed by atoms with Crippen molar-refractivity contribution < 1.29 is 14.0 Å². The number of thiophene rings is 1. The number of aromatic nitrogens is 4. The molecule has 0 aliphatic carbocycles. The van der Waals surface area contributed by atoms with E-state index in [2.05, 4.69) is 22.0 Å². The van der Waals surface area contributed by atoms with Gasteiger partial charge in [-0.25, -0.2) is 0 Å². The highest BCUT2D eigenvalue weighted by molar-refractivity contribution is 7.16. The van der Waals surface area contributed by atoms with Crippen molar-refractivity contribution in [3.05, 3.63) is 103 Å². The largest absolute Gasteiger partial charge is 0.459 e. The molecular weight excluding hydrogens is 534 g/mol. The lowest BCUT2D eigenvalue weighted by Crippen LogP contribution is -2.25. The molecule has 9 nitrogen and oxygen atoms in total. The van der Waals surface area contributed by atoms with Crippen molar-refractivity contribution in [2.75, 3.05) is 5.32 Å². The molecule has 0 bridgehead atoms. The number of nitrogens with zero attached hydrogens (tertiary/aromatic N) is 4. The predicted molar refractivity (Wildman–Crippen MR) is 144 cm³/mol. The van der Waals surface area contributed by atoms with E-state index in [9.17, 15) is 14.4 Å². The molecular formula is C25H18ClN5O4S2. The minimum atomic E-state index is -0.475. The van der Waals surface area contributed by atoms with Crippen LogP contribution in [-0.4, -0.2) is 31.0 Å². The van der Waals surface area contributed by atoms with Crippen molar-refractivity contribution in [3.63, 3.8) is 0 Å². The van der Waals surface area contributed by atoms with E-state index in [1.54, 1.807) is 35.8 Å². The Morgan fingerprint density at radius 3 is 2.76 bits per heavy atom. The van der Waals surface area contributed by atoms with Crippen LogP contribution < -0.4 is 10.9 Å². The van der Waals surface area contributed by atoms with Crippen LogP contribution in [0.3, 0.4) is 0 Å². The zero-order valence-electron chi connectivity index (χ0n) is 19.1. The summed E-state index contributed by atoms with van der Waals surface area (Å²) in [7, 11) is 0. The molecule has 1 N–H and O–H groups in total. The van der Waals surface area contributed by atoms with Gasteiger partial charge >= 0.3 is 5.91 Å². The van der Waals surface area contributed by atoms with Gasteiger partial charge in [-0.1, -0.05) is 18.2 Å². The van der Waals surface area contributed by atoms with E-state index in [-0.39, 0.29) is 23.6 Å². The maximum atomic E-state index is 13.2. The minimum absolute atomic E-state index is 0.112. The fourth-order valence-electron chi connectivity index (χ4n) is 3.69. The van der Waals surface area contributed by atoms with E-state index in [1.807, 2.05) is 6.07 Å². The molecule has 5 rings (SSSR count). The van der Waals surface area contributed by atoms with Crippen LogP contribution in [0.2, 0.25) is 4.34 Å². The monoisotopic (exact) mass is 551 g/mol. The molecule has 186 valence electrons. The van der Waals surface area contributed by atoms with Crippen LogP contribution in [0.25, 0.3) is 17.3 Å². The summed E-state index contributed by atoms with van der Waals surface area (Å²) in [5, 5.41) is 7.75. The first-order chi connectivity index (χ1) is 17.9. The third-order valence-corrected chi connectivity index (χ3v) is 7.46. The van der Waals surface area contributed by atoms with E-state index in [0.717, 1.165) is 4.88 Å². The topological polar surface area (TPSA) is 112 Å². The second-order valence-corrected chi connectivity index (χ2v) is 10.4. The van der Waals surface area contributed by atoms with E-state index in [4.69, 9.17) is 16.0 Å². The number of nitrogens with one attached hydrogen (secondary N) is 1. The molecule has 0 aliphatic rings. The van der Waals surface area contributed by atoms with Gasteiger partial charge in [0.1, 0.15) is 5.82 Å². The molecule has 5 heterocycles. The second-order valence-electron chi connectivity index (χ2n) is 7.72. The number of furan rings is 1. The normalized spacial score (nSPS) is 10.9. The summed E-state index contributed by atoms with van der Waals surface area (Å²) in [5.74, 6) is -0.201. The first kappa shape index (κ1) is 24.6. The number of Topliss-reactive ketones (excluding diaryl/α,β-unsaturated/α-hetero) is 1. The molecule has 0 saturated heterocycles. The fraction of sp³-hybridized carbons (Fsp3) is 0.0800. The van der Waals surface area contributed by atoms with Crippen LogP contribution in [0.15, 0.2) is 76.2 Å². The number of thiazole rings is 1. The van der Waals surface area contributed by atoms with Crippen molar-refractivity contribution in [1.82, 2.24) is 19.3 Å². The molecule has 0 amide bonds. The number of halogens is 1. The summed E-state index contributed by atoms with van der Waals surface area (Å²) in [6.07, 6.45) is 4.37. The Morgan fingerprint density at radius 2 is 2.08 bits per heavy atom. The molecule has 0 unspecified atom stereocenters. The minimum Gasteiger partial charge on any atom is -0.459 e. The first-order valence-electron chi connectivity index (χ1n) is 10.9. The number of hydrogen-bond acceptors (Lipinski definition) is 9. The van der Waals surface area contributed by atoms with E-state index in [1.165, 1.54) is 56.5 Å². The van der Waals surface area contributed by atoms with Crippen molar-refractivity contribution in [2.45, 2.75) is 13.1 Å². The summed E-state index contributed by atoms with van der Waals surface area (Å²) >= 11 is 8.67. The summed E-state index contributed by atoms with van der Waals surface area (Å²) < 4.78 is 8.48. The number of carbonyl (C=O) groups is 2. The zero-order valence-corrected chi connectivity index (χ0v) is 21.5. The molecule has 37 heavy (non-hydrogen) atoms. The fourth-order valence-corrected chi connectivity index (χ4v) is 5.27. The Kier molecular flexibility index (Phi) is 6.99. The lowest BCUT2D eigenvalue weighted by Gasteiger charge is -2.12. The van der Waals surface area contributed by atoms with Gasteiger partial charge in [0.15, 0.2) is 11.5 Å². The van der Waals surface area contributed by atoms with E-state index in [0.29, 0.717) is 38.5 Å². The van der Waals surface area contributed by atoms with Gasteiger partial charge in [0.25, 0.3) is 5.56 Å². The molecule has 0 fully saturated rings. The van der Waals surface area contributed by atoms with Crippen LogP contribution in [0.1, 0.15) is 30.8 Å². The maximum Gasteiger partial charge on any atom is 0.315 e. The van der Waals surface area contributed by atoms with E-state index >= 15 is 0 Å². The average molecular weight is 552 g/mol. The van der Waals surface area contributed by atoms with Gasteiger partial charge in [-0.15, -0.1) is 22.7 Å². The zero-order chi connectivity index (χ0) is 25.9. The third-order valence-electron chi connectivity index (χ3n) is 5.41. The van der Waals surface area contributed by atoms with Gasteiger partial charge in [-0.2, -0.15) is 9.78 Å². The number of ketones is 1. The Balaban J connectivity index is 1.55. The summed E-state index contributed by atoms with van der Waals surface area (Å²) in [6.45, 7) is 4.07. The first-order valence-corrected chi connectivity index (χ1v) is 13.0. The molecule has 0 atom stereocenters. The highest BCUT2D eigenvalue weighted by Crippen LogP contribution is 2.28. The molecule has 0 radical (unpaired) electrons. The Labute approximate surface area is 223 Å². The van der Waals surface area contributed by atoms with Crippen molar-refractivity contribution in [1.29, 1.82) is 0 Å². The van der Waals surface area contributed by atoms with Gasteiger partial charge < -0.3 is 14.3 Å². The Bertz CT molecular complexity index is 1650. The number of anilines is 1. The molecule has 0 spiro atoms. The van der Waals surface area contributed by atoms with Crippen LogP contribution in [0.5, 0.6) is 0 Å². The quantitative estimate of drug-likeness (QED) is 0.247. The maximum absolute atomic E-state index is 13.2. The van der Waals surface area contributed by atoms with E-state index < -0.39 is 5.91 Å². The Morgan fingerprint density at radius 1 is 1.22 bits per heavy atom. The number of pyridine rings is 1. The Hall–Kier alpha value is -4.06. The van der Waals surface area contributed by atoms with Gasteiger partial charge in [0.2, 0.25) is 0 Å². The lowest BCUT2D eigenvalue weighted by molar-refractivity contribution is 0.0919. The lowest BCUT2D eigenvalue weighted by atomic mass is 10.1. The third kappa shape index (κ3) is 5.10. The number of carbonyl (C=O) groups excluding carboxylic acids is 2. The second kappa shape index (κ2) is 10.5. The SMILES string of the molecule is C=Cc1c(-c2cc(NCc3ccc(Cl)s3)n(C(=O)c3ccco3)n2)ccc(=O)n1CC(=O)c1cncs1. The van der Waals surface area contributed by atoms with Gasteiger partial charge in [0.05, 0.1) is 45.5 Å². The van der Waals surface area contributed by atoms with Crippen molar-refractivity contribution in [2.24, 2.45) is 0 Å². The summed E-state index contributed by atoms with van der Waals surface area (Å²) in [6, 6.07) is 11.5. The smallest absolute Gasteiger partial charge is 0.315 e. The standard InChI is InChI=1S/C25H18ClN5O4S2/c1-2-18-16(6-8-24(33)30(18)13-19(32)21-12-27-14-36-21)17-10-23(28-11-15-5-7-22(26)37-15)31(29-17)25(34)20-4-3-9-35-20/h2-10,12,14,28H,1,11,13H2. The van der Waals surface area contributed by atoms with Crippen molar-refractivity contribution >= 4 is 57.9 Å². The molecule has 0 aromatic carbocycles. The summed E-state index contributed by atoms with van der Waals surface area (Å²) in [5.41, 5.74) is 2.52. The number of rotatable bonds is 9.